The van der Waals surface area contributed by atoms with Gasteiger partial charge in [-0.05, 0) is 59.7 Å². The van der Waals surface area contributed by atoms with Gasteiger partial charge < -0.3 is 24.1 Å². The zero-order valence-corrected chi connectivity index (χ0v) is 26.8. The summed E-state index contributed by atoms with van der Waals surface area (Å²) < 4.78 is 21.7. The smallest absolute Gasteiger partial charge is 0.419 e. The average molecular weight is 629 g/mol. The quantitative estimate of drug-likeness (QED) is 0.349. The Bertz CT molecular complexity index is 1900. The first-order chi connectivity index (χ1) is 20.5. The van der Waals surface area contributed by atoms with Crippen LogP contribution in [0.5, 0.6) is 0 Å². The maximum absolute atomic E-state index is 14.0. The molecule has 0 saturated carbocycles. The normalized spacial score (nSPS) is 14.9. The van der Waals surface area contributed by atoms with E-state index in [0.717, 1.165) is 4.57 Å². The van der Waals surface area contributed by atoms with Crippen LogP contribution in [-0.4, -0.2) is 59.9 Å². The molecule has 1 N–H and O–H groups in total. The number of carbonyl (C=O) groups is 2. The predicted octanol–water partition coefficient (Wildman–Crippen LogP) is 4.09. The molecular weight excluding hydrogens is 592 g/mol. The molecule has 1 atom stereocenters. The van der Waals surface area contributed by atoms with Crippen molar-refractivity contribution in [3.8, 4) is 0 Å². The van der Waals surface area contributed by atoms with Gasteiger partial charge in [-0.25, -0.2) is 23.9 Å². The number of nitrogens with zero attached hydrogens (tertiary/aromatic N) is 5. The summed E-state index contributed by atoms with van der Waals surface area (Å²) in [5.74, 6) is 0.255. The van der Waals surface area contributed by atoms with Gasteiger partial charge in [0, 0.05) is 30.4 Å². The number of aromatic nitrogens is 5. The SMILES string of the molecule is Cn1c(C(NC(=O)OC(C)(C)C)C2COC2)nc2c1c(=O)n(Cc1cc3c(Cl)cccc3n1C(=O)OC(C)(C)C)c(=O)n2C. The first kappa shape index (κ1) is 31.3. The van der Waals surface area contributed by atoms with Gasteiger partial charge >= 0.3 is 17.9 Å². The van der Waals surface area contributed by atoms with Crippen molar-refractivity contribution in [3.63, 3.8) is 0 Å². The summed E-state index contributed by atoms with van der Waals surface area (Å²) in [4.78, 5) is 58.4. The van der Waals surface area contributed by atoms with E-state index >= 15 is 0 Å². The van der Waals surface area contributed by atoms with Crippen LogP contribution in [-0.2, 0) is 34.9 Å². The van der Waals surface area contributed by atoms with Crippen LogP contribution in [0.1, 0.15) is 59.1 Å². The second kappa shape index (κ2) is 11.1. The highest BCUT2D eigenvalue weighted by atomic mass is 35.5. The van der Waals surface area contributed by atoms with Gasteiger partial charge in [-0.15, -0.1) is 0 Å². The van der Waals surface area contributed by atoms with Gasteiger partial charge in [-0.2, -0.15) is 0 Å². The van der Waals surface area contributed by atoms with Gasteiger partial charge in [0.25, 0.3) is 5.56 Å². The Hall–Kier alpha value is -4.10. The van der Waals surface area contributed by atoms with Crippen LogP contribution in [0.25, 0.3) is 22.1 Å². The molecule has 1 aliphatic rings. The minimum Gasteiger partial charge on any atom is -0.444 e. The highest BCUT2D eigenvalue weighted by molar-refractivity contribution is 6.35. The molecule has 1 aromatic carbocycles. The number of aryl methyl sites for hydroxylation is 2. The van der Waals surface area contributed by atoms with Crippen molar-refractivity contribution in [2.24, 2.45) is 20.0 Å². The Morgan fingerprint density at radius 3 is 2.32 bits per heavy atom. The minimum absolute atomic E-state index is 0.119. The number of ether oxygens (including phenoxy) is 3. The fourth-order valence-electron chi connectivity index (χ4n) is 5.20. The number of fused-ring (bicyclic) bond motifs is 2. The van der Waals surface area contributed by atoms with Crippen LogP contribution in [0, 0.1) is 5.92 Å². The highest BCUT2D eigenvalue weighted by Gasteiger charge is 2.36. The fraction of sp³-hybridized carbons (Fsp3) is 0.500. The number of amides is 1. The molecule has 1 fully saturated rings. The zero-order chi connectivity index (χ0) is 32.3. The number of imidazole rings is 1. The molecule has 1 saturated heterocycles. The molecule has 4 aromatic rings. The molecule has 0 spiro atoms. The number of alkyl carbamates (subject to hydrolysis) is 1. The number of hydrogen-bond donors (Lipinski definition) is 1. The van der Waals surface area contributed by atoms with Crippen molar-refractivity contribution in [1.82, 2.24) is 28.6 Å². The molecule has 14 heteroatoms. The lowest BCUT2D eigenvalue weighted by molar-refractivity contribution is -0.0531. The third-order valence-corrected chi connectivity index (χ3v) is 7.57. The summed E-state index contributed by atoms with van der Waals surface area (Å²) in [5, 5.41) is 3.85. The van der Waals surface area contributed by atoms with Crippen LogP contribution in [0.4, 0.5) is 9.59 Å². The lowest BCUT2D eigenvalue weighted by Gasteiger charge is -2.34. The van der Waals surface area contributed by atoms with Crippen LogP contribution in [0.3, 0.4) is 0 Å². The van der Waals surface area contributed by atoms with Crippen molar-refractivity contribution in [3.05, 3.63) is 61.6 Å². The molecule has 0 bridgehead atoms. The van der Waals surface area contributed by atoms with Crippen LogP contribution < -0.4 is 16.6 Å². The first-order valence-corrected chi connectivity index (χ1v) is 14.6. The zero-order valence-electron chi connectivity index (χ0n) is 26.1. The number of benzene rings is 1. The van der Waals surface area contributed by atoms with Crippen molar-refractivity contribution in [2.45, 2.75) is 65.3 Å². The van der Waals surface area contributed by atoms with Gasteiger partial charge in [0.05, 0.1) is 37.0 Å². The van der Waals surface area contributed by atoms with E-state index in [1.807, 2.05) is 0 Å². The Morgan fingerprint density at radius 2 is 1.73 bits per heavy atom. The molecule has 3 aromatic heterocycles. The molecule has 236 valence electrons. The van der Waals surface area contributed by atoms with E-state index in [1.165, 1.54) is 16.2 Å². The third kappa shape index (κ3) is 5.85. The molecule has 0 radical (unpaired) electrons. The molecular formula is C30H37ClN6O7. The monoisotopic (exact) mass is 628 g/mol. The van der Waals surface area contributed by atoms with Crippen LogP contribution in [0.2, 0.25) is 5.02 Å². The fourth-order valence-corrected chi connectivity index (χ4v) is 5.43. The Kier molecular flexibility index (Phi) is 7.91. The second-order valence-electron chi connectivity index (χ2n) is 13.0. The van der Waals surface area contributed by atoms with E-state index < -0.39 is 40.7 Å². The highest BCUT2D eigenvalue weighted by Crippen LogP contribution is 2.30. The topological polar surface area (TPSA) is 141 Å². The number of carbonyl (C=O) groups excluding carboxylic acids is 2. The number of halogens is 1. The van der Waals surface area contributed by atoms with E-state index in [9.17, 15) is 19.2 Å². The summed E-state index contributed by atoms with van der Waals surface area (Å²) >= 11 is 6.46. The van der Waals surface area contributed by atoms with E-state index in [-0.39, 0.29) is 23.6 Å². The minimum atomic E-state index is -0.796. The Morgan fingerprint density at radius 1 is 1.07 bits per heavy atom. The van der Waals surface area contributed by atoms with Crippen molar-refractivity contribution < 1.29 is 23.8 Å². The third-order valence-electron chi connectivity index (χ3n) is 7.25. The second-order valence-corrected chi connectivity index (χ2v) is 13.4. The lowest BCUT2D eigenvalue weighted by atomic mass is 9.97. The molecule has 1 aliphatic heterocycles. The summed E-state index contributed by atoms with van der Waals surface area (Å²) in [6.45, 7) is 11.0. The largest absolute Gasteiger partial charge is 0.444 e. The Labute approximate surface area is 258 Å². The van der Waals surface area contributed by atoms with Gasteiger partial charge in [-0.3, -0.25) is 13.9 Å². The molecule has 1 amide bonds. The average Bonchev–Trinajstić information content (AvgIpc) is 3.40. The van der Waals surface area contributed by atoms with Crippen LogP contribution >= 0.6 is 11.6 Å². The van der Waals surface area contributed by atoms with E-state index in [4.69, 9.17) is 25.8 Å². The molecule has 5 rings (SSSR count). The van der Waals surface area contributed by atoms with E-state index in [2.05, 4.69) is 10.3 Å². The van der Waals surface area contributed by atoms with Crippen molar-refractivity contribution in [1.29, 1.82) is 0 Å². The summed E-state index contributed by atoms with van der Waals surface area (Å²) in [5.41, 5.74) is -1.65. The lowest BCUT2D eigenvalue weighted by Crippen LogP contribution is -2.45. The summed E-state index contributed by atoms with van der Waals surface area (Å²) in [6, 6.07) is 6.14. The van der Waals surface area contributed by atoms with Gasteiger partial charge in [0.1, 0.15) is 17.0 Å². The maximum atomic E-state index is 14.0. The predicted molar refractivity (Wildman–Crippen MR) is 164 cm³/mol. The van der Waals surface area contributed by atoms with Crippen molar-refractivity contribution in [2.75, 3.05) is 13.2 Å². The first-order valence-electron chi connectivity index (χ1n) is 14.2. The summed E-state index contributed by atoms with van der Waals surface area (Å²) in [7, 11) is 3.17. The number of rotatable bonds is 5. The van der Waals surface area contributed by atoms with Gasteiger partial charge in [0.15, 0.2) is 11.2 Å². The van der Waals surface area contributed by atoms with Gasteiger partial charge in [-0.1, -0.05) is 17.7 Å². The van der Waals surface area contributed by atoms with Crippen molar-refractivity contribution >= 4 is 45.9 Å². The molecule has 4 heterocycles. The molecule has 44 heavy (non-hydrogen) atoms. The summed E-state index contributed by atoms with van der Waals surface area (Å²) in [6.07, 6.45) is -1.31. The molecule has 1 unspecified atom stereocenters. The molecule has 0 aliphatic carbocycles. The van der Waals surface area contributed by atoms with Crippen LogP contribution in [0.15, 0.2) is 33.9 Å². The Balaban J connectivity index is 1.63. The standard InChI is InChI=1S/C30H37ClN6O7/c1-29(2,3)43-26(39)32-21(16-14-42-15-16)23-33-24-22(34(23)7)25(38)36(27(40)35(24)8)13-17-12-18-19(31)10-9-11-20(18)37(17)28(41)44-30(4,5)6/h9-12,16,21H,13-15H2,1-8H3,(H,32,39). The molecule has 13 nitrogen and oxygen atoms in total. The number of hydrogen-bond acceptors (Lipinski definition) is 8. The van der Waals surface area contributed by atoms with E-state index in [0.29, 0.717) is 40.7 Å². The van der Waals surface area contributed by atoms with Gasteiger partial charge in [0.2, 0.25) is 0 Å². The van der Waals surface area contributed by atoms with E-state index in [1.54, 1.807) is 77.4 Å². The maximum Gasteiger partial charge on any atom is 0.419 e. The number of nitrogens with one attached hydrogen (secondary N) is 1.